The molecule has 1 aliphatic rings. The third kappa shape index (κ3) is 7.06. The van der Waals surface area contributed by atoms with Gasteiger partial charge in [0.05, 0.1) is 6.04 Å². The smallest absolute Gasteiger partial charge is 0.331 e. The van der Waals surface area contributed by atoms with E-state index >= 15 is 0 Å². The Morgan fingerprint density at radius 3 is 2.06 bits per heavy atom. The highest BCUT2D eigenvalue weighted by atomic mass is 35.5. The Labute approximate surface area is 218 Å². The Kier molecular flexibility index (Phi) is 11.1. The molecule has 202 valence electrons. The molecule has 12 heteroatoms. The van der Waals surface area contributed by atoms with Gasteiger partial charge in [-0.3, -0.25) is 9.69 Å². The number of rotatable bonds is 5. The molecule has 0 aliphatic carbocycles. The van der Waals surface area contributed by atoms with Crippen molar-refractivity contribution < 1.29 is 31.1 Å². The second-order valence-electron chi connectivity index (χ2n) is 8.58. The number of amides is 1. The van der Waals surface area contributed by atoms with Gasteiger partial charge in [0.2, 0.25) is 0 Å². The van der Waals surface area contributed by atoms with Crippen molar-refractivity contribution in [1.29, 1.82) is 0 Å². The number of nitrogens with two attached hydrogens (primary N) is 1. The summed E-state index contributed by atoms with van der Waals surface area (Å²) >= 11 is 0. The van der Waals surface area contributed by atoms with Crippen LogP contribution < -0.4 is 5.73 Å². The van der Waals surface area contributed by atoms with Gasteiger partial charge in [0.25, 0.3) is 5.91 Å². The van der Waals surface area contributed by atoms with Crippen LogP contribution in [-0.2, 0) is 6.42 Å². The van der Waals surface area contributed by atoms with Crippen LogP contribution in [0.2, 0.25) is 0 Å². The third-order valence-electron chi connectivity index (χ3n) is 6.29. The van der Waals surface area contributed by atoms with Crippen LogP contribution in [0.5, 0.6) is 0 Å². The van der Waals surface area contributed by atoms with Crippen LogP contribution in [0, 0.1) is 13.8 Å². The van der Waals surface area contributed by atoms with Crippen molar-refractivity contribution in [1.82, 2.24) is 9.80 Å². The number of carbonyl (C=O) groups is 1. The van der Waals surface area contributed by atoms with Gasteiger partial charge in [-0.05, 0) is 49.1 Å². The molecule has 0 spiro atoms. The van der Waals surface area contributed by atoms with E-state index in [4.69, 9.17) is 5.73 Å². The Balaban J connectivity index is 0.00000324. The van der Waals surface area contributed by atoms with E-state index in [1.807, 2.05) is 6.92 Å². The molecule has 3 rings (SSSR count). The van der Waals surface area contributed by atoms with Crippen molar-refractivity contribution in [2.75, 3.05) is 19.6 Å². The monoisotopic (exact) mass is 559 g/mol. The average Bonchev–Trinajstić information content (AvgIpc) is 2.75. The molecular weight excluding hydrogens is 531 g/mol. The molecule has 0 bridgehead atoms. The number of alkyl halides is 6. The van der Waals surface area contributed by atoms with Gasteiger partial charge in [-0.2, -0.15) is 26.3 Å². The number of halogens is 8. The minimum absolute atomic E-state index is 0. The summed E-state index contributed by atoms with van der Waals surface area (Å²) in [7, 11) is 0. The second kappa shape index (κ2) is 12.5. The summed E-state index contributed by atoms with van der Waals surface area (Å²) in [6, 6.07) is 5.89. The zero-order valence-electron chi connectivity index (χ0n) is 19.6. The fourth-order valence-corrected chi connectivity index (χ4v) is 4.53. The normalized spacial score (nSPS) is 20.9. The maximum Gasteiger partial charge on any atom is 0.406 e. The van der Waals surface area contributed by atoms with Crippen LogP contribution in [0.4, 0.5) is 26.3 Å². The fraction of sp³-hybridized carbons (Fsp3) is 0.458. The van der Waals surface area contributed by atoms with Crippen molar-refractivity contribution in [3.05, 3.63) is 70.8 Å². The summed E-state index contributed by atoms with van der Waals surface area (Å²) in [5, 5.41) is 0. The number of hydrogen-bond acceptors (Lipinski definition) is 3. The molecule has 1 aliphatic heterocycles. The van der Waals surface area contributed by atoms with Gasteiger partial charge in [-0.25, -0.2) is 0 Å². The van der Waals surface area contributed by atoms with E-state index in [0.717, 1.165) is 16.0 Å². The number of benzene rings is 2. The molecule has 2 aromatic rings. The van der Waals surface area contributed by atoms with Crippen molar-refractivity contribution in [2.24, 2.45) is 5.73 Å². The molecule has 0 aromatic heterocycles. The lowest BCUT2D eigenvalue weighted by Crippen LogP contribution is -2.72. The van der Waals surface area contributed by atoms with E-state index in [0.29, 0.717) is 10.5 Å². The third-order valence-corrected chi connectivity index (χ3v) is 6.29. The lowest BCUT2D eigenvalue weighted by atomic mass is 9.89. The minimum atomic E-state index is -5.03. The molecule has 0 radical (unpaired) electrons. The van der Waals surface area contributed by atoms with Crippen LogP contribution in [0.15, 0.2) is 48.5 Å². The average molecular weight is 560 g/mol. The maximum atomic E-state index is 14.4. The van der Waals surface area contributed by atoms with Crippen molar-refractivity contribution in [3.63, 3.8) is 0 Å². The Morgan fingerprint density at radius 1 is 0.944 bits per heavy atom. The zero-order valence-corrected chi connectivity index (χ0v) is 21.3. The van der Waals surface area contributed by atoms with Gasteiger partial charge in [-0.1, -0.05) is 36.4 Å². The standard InChI is InChI=1S/C24H27F6N3O.2ClH/c1-15-8-9-17(12-16(15)2)13-19-21(24(28,29)30)32(11-10-31)20(23(25,26)27)14-33(19)22(34)18-6-4-3-5-7-18;;/h3-9,12,19-21H,10-11,13-14,31H2,1-2H3;2*1H/t19-,20?,21?;;/m1../s1. The highest BCUT2D eigenvalue weighted by Crippen LogP contribution is 2.40. The first-order chi connectivity index (χ1) is 15.8. The van der Waals surface area contributed by atoms with Crippen LogP contribution in [0.25, 0.3) is 0 Å². The summed E-state index contributed by atoms with van der Waals surface area (Å²) in [5.74, 6) is -0.870. The van der Waals surface area contributed by atoms with Crippen LogP contribution in [0.3, 0.4) is 0 Å². The second-order valence-corrected chi connectivity index (χ2v) is 8.58. The number of nitrogens with zero attached hydrogens (tertiary/aromatic N) is 2. The predicted molar refractivity (Wildman–Crippen MR) is 131 cm³/mol. The fourth-order valence-electron chi connectivity index (χ4n) is 4.53. The molecule has 2 aromatic carbocycles. The van der Waals surface area contributed by atoms with E-state index in [2.05, 4.69) is 0 Å². The molecule has 3 atom stereocenters. The highest BCUT2D eigenvalue weighted by Gasteiger charge is 2.60. The zero-order chi connectivity index (χ0) is 25.3. The van der Waals surface area contributed by atoms with Gasteiger partial charge in [0.1, 0.15) is 12.1 Å². The Morgan fingerprint density at radius 2 is 1.56 bits per heavy atom. The van der Waals surface area contributed by atoms with Gasteiger partial charge in [-0.15, -0.1) is 24.8 Å². The number of aryl methyl sites for hydroxylation is 2. The molecule has 1 amide bonds. The number of piperazine rings is 1. The predicted octanol–water partition coefficient (Wildman–Crippen LogP) is 5.34. The van der Waals surface area contributed by atoms with E-state index in [9.17, 15) is 31.1 Å². The number of hydrogen-bond donors (Lipinski definition) is 1. The summed E-state index contributed by atoms with van der Waals surface area (Å²) in [4.78, 5) is 14.4. The van der Waals surface area contributed by atoms with E-state index in [1.54, 1.807) is 31.2 Å². The lowest BCUT2D eigenvalue weighted by Gasteiger charge is -2.52. The van der Waals surface area contributed by atoms with Crippen LogP contribution in [-0.4, -0.2) is 65.8 Å². The molecule has 2 N–H and O–H groups in total. The molecule has 1 saturated heterocycles. The molecule has 36 heavy (non-hydrogen) atoms. The Bertz CT molecular complexity index is 1000. The largest absolute Gasteiger partial charge is 0.406 e. The van der Waals surface area contributed by atoms with E-state index in [-0.39, 0.29) is 43.3 Å². The Hall–Kier alpha value is -2.01. The first kappa shape index (κ1) is 32.0. The van der Waals surface area contributed by atoms with Crippen molar-refractivity contribution in [3.8, 4) is 0 Å². The van der Waals surface area contributed by atoms with Crippen LogP contribution >= 0.6 is 24.8 Å². The summed E-state index contributed by atoms with van der Waals surface area (Å²) in [5.41, 5.74) is 7.74. The van der Waals surface area contributed by atoms with Gasteiger partial charge >= 0.3 is 12.4 Å². The topological polar surface area (TPSA) is 49.6 Å². The van der Waals surface area contributed by atoms with Crippen LogP contribution in [0.1, 0.15) is 27.0 Å². The lowest BCUT2D eigenvalue weighted by molar-refractivity contribution is -0.260. The van der Waals surface area contributed by atoms with E-state index in [1.165, 1.54) is 24.3 Å². The highest BCUT2D eigenvalue weighted by molar-refractivity contribution is 5.94. The van der Waals surface area contributed by atoms with Crippen molar-refractivity contribution in [2.45, 2.75) is 50.7 Å². The van der Waals surface area contributed by atoms with Gasteiger partial charge in [0.15, 0.2) is 0 Å². The molecule has 1 heterocycles. The van der Waals surface area contributed by atoms with E-state index < -0.39 is 49.5 Å². The first-order valence-electron chi connectivity index (χ1n) is 10.9. The molecular formula is C24H29Cl2F6N3O. The first-order valence-corrected chi connectivity index (χ1v) is 10.9. The molecule has 1 fully saturated rings. The summed E-state index contributed by atoms with van der Waals surface area (Å²) in [6.07, 6.45) is -10.3. The van der Waals surface area contributed by atoms with Crippen molar-refractivity contribution >= 4 is 30.7 Å². The SMILES string of the molecule is Cc1ccc(C[C@@H]2C(C(F)(F)F)N(CCN)C(C(F)(F)F)CN2C(=O)c2ccccc2)cc1C.Cl.Cl. The quantitative estimate of drug-likeness (QED) is 0.503. The molecule has 4 nitrogen and oxygen atoms in total. The molecule has 0 saturated carbocycles. The minimum Gasteiger partial charge on any atom is -0.331 e. The summed E-state index contributed by atoms with van der Waals surface area (Å²) in [6.45, 7) is 1.74. The molecule has 2 unspecified atom stereocenters. The summed E-state index contributed by atoms with van der Waals surface area (Å²) < 4.78 is 85.2. The van der Waals surface area contributed by atoms with Gasteiger partial charge < -0.3 is 10.6 Å². The van der Waals surface area contributed by atoms with Gasteiger partial charge in [0, 0.05) is 25.2 Å². The number of carbonyl (C=O) groups excluding carboxylic acids is 1. The maximum absolute atomic E-state index is 14.4.